The molecule has 0 bridgehead atoms. The third-order valence-corrected chi connectivity index (χ3v) is 5.97. The molecule has 0 fully saturated rings. The molecule has 0 saturated carbocycles. The average molecular weight is 333 g/mol. The van der Waals surface area contributed by atoms with E-state index in [0.717, 1.165) is 16.4 Å². The van der Waals surface area contributed by atoms with Gasteiger partial charge < -0.3 is 0 Å². The molecule has 0 aromatic heterocycles. The van der Waals surface area contributed by atoms with Crippen molar-refractivity contribution in [3.8, 4) is 11.1 Å². The first-order valence-electron chi connectivity index (χ1n) is 6.17. The van der Waals surface area contributed by atoms with Crippen LogP contribution >= 0.6 is 0 Å². The van der Waals surface area contributed by atoms with E-state index in [9.17, 15) is 16.8 Å². The number of benzene rings is 2. The second-order valence-corrected chi connectivity index (χ2v) is 8.10. The quantitative estimate of drug-likeness (QED) is 0.843. The van der Waals surface area contributed by atoms with E-state index in [0.29, 0.717) is 5.56 Å². The third-order valence-electron chi connectivity index (χ3n) is 3.05. The maximum Gasteiger partial charge on any atom is 0.200 e. The molecule has 0 aliphatic rings. The van der Waals surface area contributed by atoms with E-state index in [1.807, 2.05) is 0 Å². The molecule has 0 heterocycles. The lowest BCUT2D eigenvalue weighted by Gasteiger charge is -2.10. The van der Waals surface area contributed by atoms with Crippen LogP contribution in [-0.2, 0) is 19.7 Å². The Morgan fingerprint density at radius 3 is 1.86 bits per heavy atom. The molecule has 113 valence electrons. The largest absolute Gasteiger partial charge is 0.219 e. The Morgan fingerprint density at radius 1 is 0.773 bits per heavy atom. The molecule has 4 nitrogen and oxygen atoms in total. The van der Waals surface area contributed by atoms with Crippen LogP contribution in [-0.4, -0.2) is 16.8 Å². The molecule has 0 atom stereocenters. The fourth-order valence-corrected chi connectivity index (χ4v) is 4.20. The summed E-state index contributed by atoms with van der Waals surface area (Å²) in [4.78, 5) is -0.624. The molecule has 2 aromatic rings. The van der Waals surface area contributed by atoms with Gasteiger partial charge in [-0.1, -0.05) is 43.5 Å². The van der Waals surface area contributed by atoms with Crippen molar-refractivity contribution in [3.05, 3.63) is 72.5 Å². The summed E-state index contributed by atoms with van der Waals surface area (Å²) in [5.41, 5.74) is 1.33. The Kier molecular flexibility index (Phi) is 4.35. The van der Waals surface area contributed by atoms with E-state index in [1.165, 1.54) is 12.1 Å². The van der Waals surface area contributed by atoms with Gasteiger partial charge in [0.05, 0.1) is 9.79 Å². The summed E-state index contributed by atoms with van der Waals surface area (Å²) in [5.74, 6) is 0. The van der Waals surface area contributed by atoms with Crippen LogP contribution in [0.3, 0.4) is 0 Å². The fourth-order valence-electron chi connectivity index (χ4n) is 1.90. The summed E-state index contributed by atoms with van der Waals surface area (Å²) in [6, 6.07) is 13.9. The highest BCUT2D eigenvalue weighted by Crippen LogP contribution is 2.29. The molecule has 0 aliphatic carbocycles. The van der Waals surface area contributed by atoms with E-state index in [2.05, 4.69) is 19.2 Å². The predicted molar refractivity (Wildman–Crippen MR) is 85.5 cm³/mol. The van der Waals surface area contributed by atoms with Crippen molar-refractivity contribution in [2.45, 2.75) is 9.79 Å². The van der Waals surface area contributed by atoms with E-state index < -0.39 is 19.7 Å². The maximum atomic E-state index is 12.1. The minimum Gasteiger partial charge on any atom is -0.219 e. The predicted octanol–water partition coefficient (Wildman–Crippen LogP) is 2.99. The molecule has 2 rings (SSSR count). The van der Waals surface area contributed by atoms with Gasteiger partial charge in [0.2, 0.25) is 19.7 Å². The molecule has 22 heavy (non-hydrogen) atoms. The van der Waals surface area contributed by atoms with Gasteiger partial charge in [0.25, 0.3) is 0 Å². The highest BCUT2D eigenvalue weighted by atomic mass is 32.2. The Balaban J connectivity index is 2.81. The van der Waals surface area contributed by atoms with Crippen molar-refractivity contribution in [2.24, 2.45) is 0 Å². The third kappa shape index (κ3) is 3.03. The second kappa shape index (κ2) is 5.90. The minimum absolute atomic E-state index is 0.311. The molecule has 0 aliphatic heterocycles. The van der Waals surface area contributed by atoms with Crippen LogP contribution in [0.25, 0.3) is 11.1 Å². The van der Waals surface area contributed by atoms with Gasteiger partial charge in [-0.25, -0.2) is 16.8 Å². The Bertz CT molecular complexity index is 925. The molecule has 6 heteroatoms. The van der Waals surface area contributed by atoms with Crippen molar-refractivity contribution in [2.75, 3.05) is 0 Å². The lowest BCUT2D eigenvalue weighted by molar-refractivity contribution is 0.592. The van der Waals surface area contributed by atoms with Gasteiger partial charge in [0.1, 0.15) is 0 Å². The smallest absolute Gasteiger partial charge is 0.200 e. The average Bonchev–Trinajstić information content (AvgIpc) is 2.55. The van der Waals surface area contributed by atoms with E-state index in [-0.39, 0.29) is 9.79 Å². The second-order valence-electron chi connectivity index (χ2n) is 4.37. The maximum absolute atomic E-state index is 12.1. The van der Waals surface area contributed by atoms with E-state index >= 15 is 0 Å². The molecule has 0 saturated heterocycles. The summed E-state index contributed by atoms with van der Waals surface area (Å²) in [6.07, 6.45) is 0. The summed E-state index contributed by atoms with van der Waals surface area (Å²) >= 11 is 0. The van der Waals surface area contributed by atoms with Crippen LogP contribution in [0.15, 0.2) is 76.2 Å². The number of sulfone groups is 2. The van der Waals surface area contributed by atoms with Gasteiger partial charge in [-0.3, -0.25) is 0 Å². The Labute approximate surface area is 130 Å². The van der Waals surface area contributed by atoms with Crippen LogP contribution < -0.4 is 0 Å². The first-order chi connectivity index (χ1) is 10.3. The summed E-state index contributed by atoms with van der Waals surface area (Å²) in [6.45, 7) is 6.47. The van der Waals surface area contributed by atoms with Gasteiger partial charge in [0.15, 0.2) is 0 Å². The SMILES string of the molecule is C=CS(=O)(=O)c1ccc(-c2cc[c]cc2)cc1S(=O)(=O)C=C. The summed E-state index contributed by atoms with van der Waals surface area (Å²) in [5, 5.41) is 1.45. The first kappa shape index (κ1) is 16.2. The van der Waals surface area contributed by atoms with Crippen LogP contribution in [0.1, 0.15) is 0 Å². The standard InChI is InChI=1S/C16H13O4S2/c1-3-21(17,18)15-11-10-14(13-8-6-5-7-9-13)12-16(15)22(19,20)4-2/h3-4,6-12H,1-2H2. The van der Waals surface area contributed by atoms with Crippen molar-refractivity contribution < 1.29 is 16.8 Å². The van der Waals surface area contributed by atoms with Crippen molar-refractivity contribution in [3.63, 3.8) is 0 Å². The minimum atomic E-state index is -3.92. The van der Waals surface area contributed by atoms with E-state index in [4.69, 9.17) is 0 Å². The number of rotatable bonds is 5. The lowest BCUT2D eigenvalue weighted by Crippen LogP contribution is -2.06. The van der Waals surface area contributed by atoms with Crippen molar-refractivity contribution in [1.82, 2.24) is 0 Å². The number of hydrogen-bond donors (Lipinski definition) is 0. The number of hydrogen-bond acceptors (Lipinski definition) is 4. The molecule has 0 spiro atoms. The molecular formula is C16H13O4S2. The monoisotopic (exact) mass is 333 g/mol. The first-order valence-corrected chi connectivity index (χ1v) is 9.26. The Morgan fingerprint density at radius 2 is 1.32 bits per heavy atom. The molecule has 0 unspecified atom stereocenters. The van der Waals surface area contributed by atoms with Gasteiger partial charge in [-0.05, 0) is 29.3 Å². The van der Waals surface area contributed by atoms with Crippen LogP contribution in [0.2, 0.25) is 0 Å². The zero-order valence-corrected chi connectivity index (χ0v) is 13.2. The molecule has 2 aromatic carbocycles. The van der Waals surface area contributed by atoms with Gasteiger partial charge in [-0.15, -0.1) is 0 Å². The topological polar surface area (TPSA) is 68.3 Å². The van der Waals surface area contributed by atoms with Crippen molar-refractivity contribution >= 4 is 19.7 Å². The van der Waals surface area contributed by atoms with Crippen molar-refractivity contribution in [1.29, 1.82) is 0 Å². The summed E-state index contributed by atoms with van der Waals surface area (Å²) in [7, 11) is -7.81. The zero-order chi connectivity index (χ0) is 16.4. The lowest BCUT2D eigenvalue weighted by atomic mass is 10.1. The fraction of sp³-hybridized carbons (Fsp3) is 0. The summed E-state index contributed by atoms with van der Waals surface area (Å²) < 4.78 is 48.3. The molecular weight excluding hydrogens is 320 g/mol. The highest BCUT2D eigenvalue weighted by Gasteiger charge is 2.23. The van der Waals surface area contributed by atoms with E-state index in [1.54, 1.807) is 30.3 Å². The van der Waals surface area contributed by atoms with Crippen LogP contribution in [0.4, 0.5) is 0 Å². The molecule has 1 radical (unpaired) electrons. The zero-order valence-electron chi connectivity index (χ0n) is 11.6. The molecule has 0 N–H and O–H groups in total. The van der Waals surface area contributed by atoms with Crippen LogP contribution in [0, 0.1) is 6.07 Å². The van der Waals surface area contributed by atoms with Gasteiger partial charge >= 0.3 is 0 Å². The highest BCUT2D eigenvalue weighted by molar-refractivity contribution is 7.97. The van der Waals surface area contributed by atoms with Gasteiger partial charge in [-0.2, -0.15) is 0 Å². The Hall–Kier alpha value is -2.18. The van der Waals surface area contributed by atoms with Crippen LogP contribution in [0.5, 0.6) is 0 Å². The molecule has 0 amide bonds. The van der Waals surface area contributed by atoms with Gasteiger partial charge in [0, 0.05) is 10.8 Å². The normalized spacial score (nSPS) is 11.8.